The molecular weight excluding hydrogens is 272 g/mol. The highest BCUT2D eigenvalue weighted by atomic mass is 16.5. The highest BCUT2D eigenvalue weighted by Gasteiger charge is 2.35. The number of fused-ring (bicyclic) bond motifs is 2. The number of aliphatic hydroxyl groups is 1. The summed E-state index contributed by atoms with van der Waals surface area (Å²) in [5.41, 5.74) is 0.226. The molecule has 1 fully saturated rings. The first-order valence-electron chi connectivity index (χ1n) is 8.66. The summed E-state index contributed by atoms with van der Waals surface area (Å²) in [6.07, 6.45) is 13.3. The van der Waals surface area contributed by atoms with Gasteiger partial charge in [0.15, 0.2) is 0 Å². The molecular formula is C20H32O2. The second-order valence-corrected chi connectivity index (χ2v) is 7.89. The van der Waals surface area contributed by atoms with Gasteiger partial charge in [0.1, 0.15) is 0 Å². The van der Waals surface area contributed by atoms with Gasteiger partial charge in [-0.05, 0) is 63.4 Å². The van der Waals surface area contributed by atoms with E-state index >= 15 is 0 Å². The van der Waals surface area contributed by atoms with Crippen LogP contribution in [0.15, 0.2) is 36.5 Å². The Balaban J connectivity index is 2.22. The Morgan fingerprint density at radius 3 is 2.68 bits per heavy atom. The minimum Gasteiger partial charge on any atom is -0.386 e. The molecule has 1 saturated heterocycles. The zero-order valence-corrected chi connectivity index (χ0v) is 14.6. The average molecular weight is 304 g/mol. The average Bonchev–Trinajstić information content (AvgIpc) is 2.79. The molecule has 22 heavy (non-hydrogen) atoms. The first kappa shape index (κ1) is 17.5. The Bertz CT molecular complexity index is 458. The van der Waals surface area contributed by atoms with Crippen molar-refractivity contribution in [2.75, 3.05) is 0 Å². The number of hydrogen-bond acceptors (Lipinski definition) is 2. The van der Waals surface area contributed by atoms with Crippen molar-refractivity contribution in [3.63, 3.8) is 0 Å². The van der Waals surface area contributed by atoms with Crippen molar-refractivity contribution in [1.29, 1.82) is 0 Å². The molecule has 0 aliphatic carbocycles. The minimum absolute atomic E-state index is 0.188. The van der Waals surface area contributed by atoms with Crippen LogP contribution in [-0.4, -0.2) is 22.4 Å². The van der Waals surface area contributed by atoms with Crippen molar-refractivity contribution in [3.05, 3.63) is 36.5 Å². The van der Waals surface area contributed by atoms with Crippen LogP contribution in [-0.2, 0) is 4.74 Å². The molecule has 0 unspecified atom stereocenters. The number of ether oxygens (including phenoxy) is 1. The van der Waals surface area contributed by atoms with Gasteiger partial charge in [0, 0.05) is 0 Å². The number of rotatable bonds is 1. The van der Waals surface area contributed by atoms with Crippen LogP contribution in [0, 0.1) is 11.8 Å². The normalized spacial score (nSPS) is 43.3. The summed E-state index contributed by atoms with van der Waals surface area (Å²) in [6.45, 7) is 12.8. The van der Waals surface area contributed by atoms with Gasteiger partial charge < -0.3 is 9.84 Å². The topological polar surface area (TPSA) is 29.5 Å². The molecule has 0 amide bonds. The van der Waals surface area contributed by atoms with Gasteiger partial charge in [-0.15, -0.1) is 0 Å². The Morgan fingerprint density at radius 1 is 1.27 bits per heavy atom. The Hall–Kier alpha value is -0.860. The standard InChI is InChI=1S/C20H32O2/c1-15(2)17-8-7-16(3)18-10-14-20(5,22-18)12-6-11-19(4,21)13-9-17/h6,9,12-13,15,17-18,21H,3,7-8,10-11,14H2,1-2,4-5H3/b12-6+,13-9+/t17-,18+,19-,20+/m1/s1. The van der Waals surface area contributed by atoms with Gasteiger partial charge in [-0.2, -0.15) is 0 Å². The molecule has 0 spiro atoms. The van der Waals surface area contributed by atoms with Crippen molar-refractivity contribution in [2.45, 2.75) is 77.1 Å². The van der Waals surface area contributed by atoms with E-state index in [2.05, 4.69) is 45.6 Å². The molecule has 2 rings (SSSR count). The molecule has 0 radical (unpaired) electrons. The lowest BCUT2D eigenvalue weighted by Gasteiger charge is -2.23. The fourth-order valence-electron chi connectivity index (χ4n) is 3.38. The van der Waals surface area contributed by atoms with Crippen LogP contribution in [0.4, 0.5) is 0 Å². The Morgan fingerprint density at radius 2 is 2.00 bits per heavy atom. The summed E-state index contributed by atoms with van der Waals surface area (Å²) >= 11 is 0. The summed E-state index contributed by atoms with van der Waals surface area (Å²) in [5, 5.41) is 10.5. The van der Waals surface area contributed by atoms with Crippen LogP contribution < -0.4 is 0 Å². The molecule has 0 saturated carbocycles. The zero-order chi connectivity index (χ0) is 16.4. The smallest absolute Gasteiger partial charge is 0.0843 e. The Kier molecular flexibility index (Phi) is 5.34. The summed E-state index contributed by atoms with van der Waals surface area (Å²) in [5.74, 6) is 1.04. The van der Waals surface area contributed by atoms with E-state index in [4.69, 9.17) is 4.74 Å². The molecule has 0 aromatic carbocycles. The fourth-order valence-corrected chi connectivity index (χ4v) is 3.38. The molecule has 124 valence electrons. The molecule has 2 bridgehead atoms. The third kappa shape index (κ3) is 4.57. The van der Waals surface area contributed by atoms with Crippen molar-refractivity contribution < 1.29 is 9.84 Å². The third-order valence-corrected chi connectivity index (χ3v) is 5.13. The highest BCUT2D eigenvalue weighted by molar-refractivity contribution is 5.14. The van der Waals surface area contributed by atoms with Crippen molar-refractivity contribution in [2.24, 2.45) is 11.8 Å². The maximum absolute atomic E-state index is 10.5. The summed E-state index contributed by atoms with van der Waals surface area (Å²) in [7, 11) is 0. The van der Waals surface area contributed by atoms with Crippen molar-refractivity contribution in [1.82, 2.24) is 0 Å². The van der Waals surface area contributed by atoms with Gasteiger partial charge in [-0.3, -0.25) is 0 Å². The summed E-state index contributed by atoms with van der Waals surface area (Å²) in [4.78, 5) is 0. The first-order valence-corrected chi connectivity index (χ1v) is 8.66. The molecule has 2 aliphatic heterocycles. The minimum atomic E-state index is -0.789. The molecule has 2 heterocycles. The molecule has 1 N–H and O–H groups in total. The quantitative estimate of drug-likeness (QED) is 0.705. The van der Waals surface area contributed by atoms with E-state index in [1.54, 1.807) is 0 Å². The van der Waals surface area contributed by atoms with Gasteiger partial charge in [0.25, 0.3) is 0 Å². The second-order valence-electron chi connectivity index (χ2n) is 7.89. The predicted octanol–water partition coefficient (Wildman–Crippen LogP) is 4.80. The largest absolute Gasteiger partial charge is 0.386 e. The van der Waals surface area contributed by atoms with Gasteiger partial charge in [-0.1, -0.05) is 44.7 Å². The van der Waals surface area contributed by atoms with E-state index < -0.39 is 5.60 Å². The predicted molar refractivity (Wildman–Crippen MR) is 92.7 cm³/mol. The first-order chi connectivity index (χ1) is 10.2. The van der Waals surface area contributed by atoms with E-state index in [1.165, 1.54) is 5.57 Å². The van der Waals surface area contributed by atoms with Crippen LogP contribution in [0.3, 0.4) is 0 Å². The fraction of sp³-hybridized carbons (Fsp3) is 0.700. The lowest BCUT2D eigenvalue weighted by atomic mass is 9.86. The van der Waals surface area contributed by atoms with Crippen LogP contribution in [0.1, 0.15) is 59.8 Å². The zero-order valence-electron chi connectivity index (χ0n) is 14.6. The summed E-state index contributed by atoms with van der Waals surface area (Å²) in [6, 6.07) is 0. The van der Waals surface area contributed by atoms with Crippen LogP contribution in [0.25, 0.3) is 0 Å². The molecule has 0 aromatic heterocycles. The highest BCUT2D eigenvalue weighted by Crippen LogP contribution is 2.37. The number of hydrogen-bond donors (Lipinski definition) is 1. The summed E-state index contributed by atoms with van der Waals surface area (Å²) < 4.78 is 6.25. The Labute approximate surface area is 136 Å². The van der Waals surface area contributed by atoms with Crippen molar-refractivity contribution >= 4 is 0 Å². The molecule has 4 atom stereocenters. The van der Waals surface area contributed by atoms with Crippen LogP contribution >= 0.6 is 0 Å². The molecule has 2 heteroatoms. The SMILES string of the molecule is C=C1CC[C@@H](C(C)C)/C=C/[C@](C)(O)C/C=C/[C@@]2(C)CC[C@@H]1O2. The van der Waals surface area contributed by atoms with E-state index in [1.807, 2.05) is 13.0 Å². The van der Waals surface area contributed by atoms with E-state index in [0.29, 0.717) is 18.3 Å². The monoisotopic (exact) mass is 304 g/mol. The van der Waals surface area contributed by atoms with E-state index in [-0.39, 0.29) is 11.7 Å². The van der Waals surface area contributed by atoms with Gasteiger partial charge >= 0.3 is 0 Å². The van der Waals surface area contributed by atoms with Gasteiger partial charge in [-0.25, -0.2) is 0 Å². The second kappa shape index (κ2) is 6.72. The lowest BCUT2D eigenvalue weighted by molar-refractivity contribution is 0.0200. The van der Waals surface area contributed by atoms with Crippen LogP contribution in [0.5, 0.6) is 0 Å². The maximum atomic E-state index is 10.5. The maximum Gasteiger partial charge on any atom is 0.0843 e. The third-order valence-electron chi connectivity index (χ3n) is 5.13. The molecule has 2 aliphatic rings. The lowest BCUT2D eigenvalue weighted by Crippen LogP contribution is -2.24. The van der Waals surface area contributed by atoms with E-state index in [9.17, 15) is 5.11 Å². The van der Waals surface area contributed by atoms with E-state index in [0.717, 1.165) is 25.7 Å². The van der Waals surface area contributed by atoms with Crippen LogP contribution in [0.2, 0.25) is 0 Å². The van der Waals surface area contributed by atoms with Crippen molar-refractivity contribution in [3.8, 4) is 0 Å². The van der Waals surface area contributed by atoms with Gasteiger partial charge in [0.2, 0.25) is 0 Å². The molecule has 0 aromatic rings. The molecule has 2 nitrogen and oxygen atoms in total. The van der Waals surface area contributed by atoms with Gasteiger partial charge in [0.05, 0.1) is 17.3 Å². The number of allylic oxidation sites excluding steroid dienone is 1.